The van der Waals surface area contributed by atoms with Gasteiger partial charge in [-0.15, -0.1) is 0 Å². The van der Waals surface area contributed by atoms with Crippen molar-refractivity contribution in [3.05, 3.63) is 59.4 Å². The number of benzene rings is 2. The molecule has 0 N–H and O–H groups in total. The topological polar surface area (TPSA) is 38.1 Å². The molecule has 2 heterocycles. The van der Waals surface area contributed by atoms with Gasteiger partial charge in [0.05, 0.1) is 11.0 Å². The van der Waals surface area contributed by atoms with Gasteiger partial charge < -0.3 is 9.47 Å². The number of aromatic nitrogens is 2. The molecule has 2 aromatic carbocycles. The fraction of sp³-hybridized carbons (Fsp3) is 0.462. The van der Waals surface area contributed by atoms with Crippen LogP contribution in [0, 0.1) is 13.8 Å². The van der Waals surface area contributed by atoms with Gasteiger partial charge in [-0.3, -0.25) is 4.79 Å². The van der Waals surface area contributed by atoms with Gasteiger partial charge in [0.15, 0.2) is 0 Å². The highest BCUT2D eigenvalue weighted by Gasteiger charge is 2.35. The van der Waals surface area contributed by atoms with Gasteiger partial charge >= 0.3 is 0 Å². The maximum Gasteiger partial charge on any atom is 0.227 e. The minimum Gasteiger partial charge on any atom is -0.328 e. The van der Waals surface area contributed by atoms with Crippen molar-refractivity contribution in [1.29, 1.82) is 0 Å². The third-order valence-corrected chi connectivity index (χ3v) is 6.37. The number of unbranched alkanes of at least 4 members (excludes halogenated alkanes) is 4. The SMILES string of the molecule is CCCCCCCn1c(C2CC(=O)N(c3c(C)cccc3C)C2)nc2ccccc21. The van der Waals surface area contributed by atoms with E-state index in [1.165, 1.54) is 31.2 Å². The normalized spacial score (nSPS) is 16.7. The molecule has 0 spiro atoms. The molecule has 1 aliphatic heterocycles. The number of fused-ring (bicyclic) bond motifs is 1. The van der Waals surface area contributed by atoms with E-state index in [9.17, 15) is 4.79 Å². The second-order valence-electron chi connectivity index (χ2n) is 8.67. The first kappa shape index (κ1) is 20.6. The molecule has 1 aromatic heterocycles. The van der Waals surface area contributed by atoms with E-state index in [2.05, 4.69) is 61.7 Å². The molecule has 30 heavy (non-hydrogen) atoms. The maximum atomic E-state index is 13.0. The standard InChI is InChI=1S/C26H33N3O/c1-4-5-6-7-10-16-28-23-15-9-8-14-22(23)27-26(28)21-17-24(30)29(18-21)25-19(2)12-11-13-20(25)3/h8-9,11-15,21H,4-7,10,16-18H2,1-3H3. The first-order chi connectivity index (χ1) is 14.6. The highest BCUT2D eigenvalue weighted by atomic mass is 16.2. The van der Waals surface area contributed by atoms with Gasteiger partial charge in [-0.25, -0.2) is 4.98 Å². The summed E-state index contributed by atoms with van der Waals surface area (Å²) in [6.07, 6.45) is 6.80. The summed E-state index contributed by atoms with van der Waals surface area (Å²) in [6, 6.07) is 14.6. The third-order valence-electron chi connectivity index (χ3n) is 6.37. The van der Waals surface area contributed by atoms with Crippen molar-refractivity contribution in [3.8, 4) is 0 Å². The van der Waals surface area contributed by atoms with Crippen LogP contribution in [-0.2, 0) is 11.3 Å². The Labute approximate surface area is 179 Å². The number of carbonyl (C=O) groups is 1. The van der Waals surface area contributed by atoms with Gasteiger partial charge in [-0.1, -0.05) is 62.9 Å². The Morgan fingerprint density at radius 2 is 1.70 bits per heavy atom. The summed E-state index contributed by atoms with van der Waals surface area (Å²) in [5.41, 5.74) is 5.63. The van der Waals surface area contributed by atoms with Crippen molar-refractivity contribution < 1.29 is 4.79 Å². The zero-order valence-corrected chi connectivity index (χ0v) is 18.5. The molecule has 1 amide bonds. The van der Waals surface area contributed by atoms with Crippen molar-refractivity contribution in [2.45, 2.75) is 71.8 Å². The van der Waals surface area contributed by atoms with Gasteiger partial charge in [0.2, 0.25) is 5.91 Å². The largest absolute Gasteiger partial charge is 0.328 e. The third kappa shape index (κ3) is 4.00. The molecule has 1 atom stereocenters. The number of imidazole rings is 1. The van der Waals surface area contributed by atoms with E-state index in [4.69, 9.17) is 4.98 Å². The number of hydrogen-bond acceptors (Lipinski definition) is 2. The Kier molecular flexibility index (Phi) is 6.21. The average molecular weight is 404 g/mol. The monoisotopic (exact) mass is 403 g/mol. The Hall–Kier alpha value is -2.62. The van der Waals surface area contributed by atoms with Crippen LogP contribution in [0.15, 0.2) is 42.5 Å². The lowest BCUT2D eigenvalue weighted by molar-refractivity contribution is -0.117. The second-order valence-corrected chi connectivity index (χ2v) is 8.67. The highest BCUT2D eigenvalue weighted by Crippen LogP contribution is 2.36. The van der Waals surface area contributed by atoms with E-state index in [1.807, 2.05) is 11.0 Å². The van der Waals surface area contributed by atoms with E-state index in [0.717, 1.165) is 41.1 Å². The predicted molar refractivity (Wildman–Crippen MR) is 124 cm³/mol. The van der Waals surface area contributed by atoms with Crippen molar-refractivity contribution >= 4 is 22.6 Å². The van der Waals surface area contributed by atoms with Crippen LogP contribution < -0.4 is 4.90 Å². The van der Waals surface area contributed by atoms with Crippen LogP contribution >= 0.6 is 0 Å². The molecule has 0 bridgehead atoms. The number of aryl methyl sites for hydroxylation is 3. The van der Waals surface area contributed by atoms with Crippen LogP contribution in [0.5, 0.6) is 0 Å². The molecule has 1 aliphatic rings. The Morgan fingerprint density at radius 1 is 0.967 bits per heavy atom. The van der Waals surface area contributed by atoms with Gasteiger partial charge in [0, 0.05) is 31.1 Å². The summed E-state index contributed by atoms with van der Waals surface area (Å²) in [6.45, 7) is 8.13. The first-order valence-corrected chi connectivity index (χ1v) is 11.4. The summed E-state index contributed by atoms with van der Waals surface area (Å²) >= 11 is 0. The minimum absolute atomic E-state index is 0.138. The number of hydrogen-bond donors (Lipinski definition) is 0. The predicted octanol–water partition coefficient (Wildman–Crippen LogP) is 6.14. The van der Waals surface area contributed by atoms with Crippen molar-refractivity contribution in [1.82, 2.24) is 9.55 Å². The molecule has 1 unspecified atom stereocenters. The fourth-order valence-electron chi connectivity index (χ4n) is 4.84. The molecule has 0 saturated carbocycles. The van der Waals surface area contributed by atoms with Crippen molar-refractivity contribution in [3.63, 3.8) is 0 Å². The number of para-hydroxylation sites is 3. The van der Waals surface area contributed by atoms with Crippen LogP contribution in [0.1, 0.15) is 68.3 Å². The molecule has 4 heteroatoms. The molecule has 4 rings (SSSR count). The van der Waals surface area contributed by atoms with E-state index < -0.39 is 0 Å². The van der Waals surface area contributed by atoms with E-state index in [0.29, 0.717) is 13.0 Å². The Morgan fingerprint density at radius 3 is 2.47 bits per heavy atom. The molecule has 4 nitrogen and oxygen atoms in total. The van der Waals surface area contributed by atoms with Crippen molar-refractivity contribution in [2.75, 3.05) is 11.4 Å². The van der Waals surface area contributed by atoms with Gasteiger partial charge in [0.1, 0.15) is 5.82 Å². The first-order valence-electron chi connectivity index (χ1n) is 11.4. The minimum atomic E-state index is 0.138. The smallest absolute Gasteiger partial charge is 0.227 e. The van der Waals surface area contributed by atoms with Gasteiger partial charge in [-0.2, -0.15) is 0 Å². The second kappa shape index (κ2) is 9.03. The van der Waals surface area contributed by atoms with E-state index >= 15 is 0 Å². The Balaban J connectivity index is 1.61. The zero-order valence-electron chi connectivity index (χ0n) is 18.5. The molecule has 3 aromatic rings. The lowest BCUT2D eigenvalue weighted by Crippen LogP contribution is -2.26. The van der Waals surface area contributed by atoms with E-state index in [-0.39, 0.29) is 11.8 Å². The summed E-state index contributed by atoms with van der Waals surface area (Å²) in [5, 5.41) is 0. The molecule has 1 fully saturated rings. The Bertz CT molecular complexity index is 1020. The summed E-state index contributed by atoms with van der Waals surface area (Å²) in [5.74, 6) is 1.42. The van der Waals surface area contributed by atoms with Gasteiger partial charge in [0.25, 0.3) is 0 Å². The number of rotatable bonds is 8. The molecular weight excluding hydrogens is 370 g/mol. The van der Waals surface area contributed by atoms with Crippen LogP contribution in [-0.4, -0.2) is 22.0 Å². The maximum absolute atomic E-state index is 13.0. The van der Waals surface area contributed by atoms with Crippen LogP contribution in [0.3, 0.4) is 0 Å². The number of anilines is 1. The quantitative estimate of drug-likeness (QED) is 0.423. The summed E-state index contributed by atoms with van der Waals surface area (Å²) in [4.78, 5) is 20.0. The zero-order chi connectivity index (χ0) is 21.1. The average Bonchev–Trinajstić information content (AvgIpc) is 3.29. The molecule has 1 saturated heterocycles. The lowest BCUT2D eigenvalue weighted by atomic mass is 10.1. The summed E-state index contributed by atoms with van der Waals surface area (Å²) < 4.78 is 2.38. The molecule has 0 aliphatic carbocycles. The van der Waals surface area contributed by atoms with E-state index in [1.54, 1.807) is 0 Å². The van der Waals surface area contributed by atoms with Crippen molar-refractivity contribution in [2.24, 2.45) is 0 Å². The van der Waals surface area contributed by atoms with Crippen LogP contribution in [0.25, 0.3) is 11.0 Å². The summed E-state index contributed by atoms with van der Waals surface area (Å²) in [7, 11) is 0. The van der Waals surface area contributed by atoms with Crippen LogP contribution in [0.2, 0.25) is 0 Å². The molecular formula is C26H33N3O. The highest BCUT2D eigenvalue weighted by molar-refractivity contribution is 5.98. The molecule has 158 valence electrons. The number of nitrogens with zero attached hydrogens (tertiary/aromatic N) is 3. The lowest BCUT2D eigenvalue weighted by Gasteiger charge is -2.21. The van der Waals surface area contributed by atoms with Gasteiger partial charge in [-0.05, 0) is 43.5 Å². The fourth-order valence-corrected chi connectivity index (χ4v) is 4.84. The molecule has 0 radical (unpaired) electrons. The number of carbonyl (C=O) groups excluding carboxylic acids is 1. The van der Waals surface area contributed by atoms with Crippen LogP contribution in [0.4, 0.5) is 5.69 Å². The number of amides is 1.